The van der Waals surface area contributed by atoms with Crippen LogP contribution in [0.4, 0.5) is 11.8 Å². The Balaban J connectivity index is 2.29. The standard InChI is InChI=1S/C11H18N4O/c1-8-9(2)13-11(14-10(8)12-3)15-4-6-16-7-5-15/h4-7H2,1-3H3,(H,12,13,14). The van der Waals surface area contributed by atoms with Crippen molar-refractivity contribution in [2.45, 2.75) is 13.8 Å². The number of morpholine rings is 1. The molecule has 5 heteroatoms. The highest BCUT2D eigenvalue weighted by molar-refractivity contribution is 5.50. The third-order valence-corrected chi connectivity index (χ3v) is 2.91. The maximum absolute atomic E-state index is 5.32. The van der Waals surface area contributed by atoms with Gasteiger partial charge in [0.05, 0.1) is 13.2 Å². The third-order valence-electron chi connectivity index (χ3n) is 2.91. The van der Waals surface area contributed by atoms with Crippen molar-refractivity contribution >= 4 is 11.8 Å². The molecule has 1 aliphatic heterocycles. The molecule has 0 saturated carbocycles. The number of hydrogen-bond donors (Lipinski definition) is 1. The molecule has 1 N–H and O–H groups in total. The molecule has 0 bridgehead atoms. The monoisotopic (exact) mass is 222 g/mol. The molecule has 0 radical (unpaired) electrons. The summed E-state index contributed by atoms with van der Waals surface area (Å²) < 4.78 is 5.32. The van der Waals surface area contributed by atoms with Gasteiger partial charge in [0, 0.05) is 31.4 Å². The SMILES string of the molecule is CNc1nc(N2CCOCC2)nc(C)c1C. The van der Waals surface area contributed by atoms with Gasteiger partial charge >= 0.3 is 0 Å². The maximum Gasteiger partial charge on any atom is 0.227 e. The molecule has 2 heterocycles. The largest absolute Gasteiger partial charge is 0.378 e. The molecule has 5 nitrogen and oxygen atoms in total. The molecule has 88 valence electrons. The van der Waals surface area contributed by atoms with E-state index < -0.39 is 0 Å². The van der Waals surface area contributed by atoms with E-state index in [2.05, 4.69) is 20.2 Å². The van der Waals surface area contributed by atoms with Gasteiger partial charge in [-0.15, -0.1) is 0 Å². The van der Waals surface area contributed by atoms with Crippen molar-refractivity contribution in [2.24, 2.45) is 0 Å². The van der Waals surface area contributed by atoms with E-state index in [0.29, 0.717) is 0 Å². The lowest BCUT2D eigenvalue weighted by Crippen LogP contribution is -2.37. The highest BCUT2D eigenvalue weighted by Gasteiger charge is 2.16. The average Bonchev–Trinajstić information content (AvgIpc) is 2.33. The van der Waals surface area contributed by atoms with Gasteiger partial charge < -0.3 is 15.0 Å². The highest BCUT2D eigenvalue weighted by atomic mass is 16.5. The second kappa shape index (κ2) is 4.65. The summed E-state index contributed by atoms with van der Waals surface area (Å²) in [5, 5.41) is 3.11. The first-order chi connectivity index (χ1) is 7.72. The molecule has 0 unspecified atom stereocenters. The minimum Gasteiger partial charge on any atom is -0.378 e. The van der Waals surface area contributed by atoms with Gasteiger partial charge in [-0.05, 0) is 13.8 Å². The van der Waals surface area contributed by atoms with Crippen LogP contribution in [0.3, 0.4) is 0 Å². The summed E-state index contributed by atoms with van der Waals surface area (Å²) in [6, 6.07) is 0. The third kappa shape index (κ3) is 2.09. The number of nitrogens with zero attached hydrogens (tertiary/aromatic N) is 3. The van der Waals surface area contributed by atoms with E-state index in [9.17, 15) is 0 Å². The molecule has 2 rings (SSSR count). The number of aryl methyl sites for hydroxylation is 1. The van der Waals surface area contributed by atoms with Crippen molar-refractivity contribution in [3.8, 4) is 0 Å². The summed E-state index contributed by atoms with van der Waals surface area (Å²) in [6.45, 7) is 7.29. The zero-order chi connectivity index (χ0) is 11.5. The van der Waals surface area contributed by atoms with Crippen LogP contribution in [0, 0.1) is 13.8 Å². The van der Waals surface area contributed by atoms with E-state index in [1.54, 1.807) is 0 Å². The Kier molecular flexibility index (Phi) is 3.24. The first-order valence-corrected chi connectivity index (χ1v) is 5.58. The lowest BCUT2D eigenvalue weighted by molar-refractivity contribution is 0.122. The van der Waals surface area contributed by atoms with Crippen LogP contribution in [0.25, 0.3) is 0 Å². The summed E-state index contributed by atoms with van der Waals surface area (Å²) in [6.07, 6.45) is 0. The lowest BCUT2D eigenvalue weighted by Gasteiger charge is -2.27. The van der Waals surface area contributed by atoms with Gasteiger partial charge in [0.25, 0.3) is 0 Å². The van der Waals surface area contributed by atoms with E-state index in [1.165, 1.54) is 0 Å². The Morgan fingerprint density at radius 2 is 1.88 bits per heavy atom. The number of aromatic nitrogens is 2. The van der Waals surface area contributed by atoms with Crippen molar-refractivity contribution in [2.75, 3.05) is 43.6 Å². The van der Waals surface area contributed by atoms with Gasteiger partial charge in [0.15, 0.2) is 0 Å². The molecular weight excluding hydrogens is 204 g/mol. The van der Waals surface area contributed by atoms with Gasteiger partial charge in [0.2, 0.25) is 5.95 Å². The molecule has 0 aliphatic carbocycles. The fraction of sp³-hybridized carbons (Fsp3) is 0.636. The quantitative estimate of drug-likeness (QED) is 0.808. The van der Waals surface area contributed by atoms with Crippen LogP contribution in [0.2, 0.25) is 0 Å². The number of rotatable bonds is 2. The summed E-state index contributed by atoms with van der Waals surface area (Å²) in [4.78, 5) is 11.2. The maximum atomic E-state index is 5.32. The van der Waals surface area contributed by atoms with Crippen LogP contribution in [-0.4, -0.2) is 43.3 Å². The fourth-order valence-electron chi connectivity index (χ4n) is 1.76. The number of hydrogen-bond acceptors (Lipinski definition) is 5. The second-order valence-electron chi connectivity index (χ2n) is 3.93. The average molecular weight is 222 g/mol. The summed E-state index contributed by atoms with van der Waals surface area (Å²) in [5.41, 5.74) is 2.14. The Morgan fingerprint density at radius 1 is 1.19 bits per heavy atom. The van der Waals surface area contributed by atoms with Gasteiger partial charge in [-0.25, -0.2) is 4.98 Å². The second-order valence-corrected chi connectivity index (χ2v) is 3.93. The van der Waals surface area contributed by atoms with E-state index in [-0.39, 0.29) is 0 Å². The van der Waals surface area contributed by atoms with Crippen LogP contribution in [0.1, 0.15) is 11.3 Å². The number of nitrogens with one attached hydrogen (secondary N) is 1. The van der Waals surface area contributed by atoms with Crippen LogP contribution >= 0.6 is 0 Å². The van der Waals surface area contributed by atoms with Crippen LogP contribution < -0.4 is 10.2 Å². The predicted octanol–water partition coefficient (Wildman–Crippen LogP) is 0.972. The molecular formula is C11H18N4O. The van der Waals surface area contributed by atoms with E-state index in [1.807, 2.05) is 20.9 Å². The van der Waals surface area contributed by atoms with Gasteiger partial charge in [0.1, 0.15) is 5.82 Å². The molecule has 1 aliphatic rings. The van der Waals surface area contributed by atoms with Crippen LogP contribution in [-0.2, 0) is 4.74 Å². The molecule has 1 aromatic heterocycles. The summed E-state index contributed by atoms with van der Waals surface area (Å²) >= 11 is 0. The smallest absolute Gasteiger partial charge is 0.227 e. The minimum atomic E-state index is 0.755. The Labute approximate surface area is 95.8 Å². The zero-order valence-corrected chi connectivity index (χ0v) is 10.1. The molecule has 1 saturated heterocycles. The minimum absolute atomic E-state index is 0.755. The van der Waals surface area contributed by atoms with Crippen molar-refractivity contribution in [3.05, 3.63) is 11.3 Å². The molecule has 0 atom stereocenters. The van der Waals surface area contributed by atoms with Crippen molar-refractivity contribution in [1.29, 1.82) is 0 Å². The van der Waals surface area contributed by atoms with Crippen molar-refractivity contribution in [3.63, 3.8) is 0 Å². The first-order valence-electron chi connectivity index (χ1n) is 5.58. The van der Waals surface area contributed by atoms with Gasteiger partial charge in [-0.1, -0.05) is 0 Å². The van der Waals surface area contributed by atoms with E-state index in [0.717, 1.165) is 49.3 Å². The molecule has 0 spiro atoms. The Hall–Kier alpha value is -1.36. The zero-order valence-electron chi connectivity index (χ0n) is 10.1. The number of ether oxygens (including phenoxy) is 1. The molecule has 0 aromatic carbocycles. The molecule has 1 fully saturated rings. The van der Waals surface area contributed by atoms with Gasteiger partial charge in [-0.2, -0.15) is 4.98 Å². The normalized spacial score (nSPS) is 16.3. The van der Waals surface area contributed by atoms with E-state index >= 15 is 0 Å². The topological polar surface area (TPSA) is 50.3 Å². The van der Waals surface area contributed by atoms with Crippen molar-refractivity contribution in [1.82, 2.24) is 9.97 Å². The molecule has 16 heavy (non-hydrogen) atoms. The van der Waals surface area contributed by atoms with Crippen LogP contribution in [0.15, 0.2) is 0 Å². The Bertz CT molecular complexity index is 374. The fourth-order valence-corrected chi connectivity index (χ4v) is 1.76. The van der Waals surface area contributed by atoms with Crippen molar-refractivity contribution < 1.29 is 4.74 Å². The van der Waals surface area contributed by atoms with Gasteiger partial charge in [-0.3, -0.25) is 0 Å². The molecule has 1 aromatic rings. The summed E-state index contributed by atoms with van der Waals surface area (Å²) in [7, 11) is 1.89. The first kappa shape index (κ1) is 11.1. The molecule has 0 amide bonds. The summed E-state index contributed by atoms with van der Waals surface area (Å²) in [5.74, 6) is 1.71. The predicted molar refractivity (Wildman–Crippen MR) is 64.1 cm³/mol. The highest BCUT2D eigenvalue weighted by Crippen LogP contribution is 2.19. The Morgan fingerprint density at radius 3 is 2.50 bits per heavy atom. The lowest BCUT2D eigenvalue weighted by atomic mass is 10.2. The van der Waals surface area contributed by atoms with Crippen LogP contribution in [0.5, 0.6) is 0 Å². The number of anilines is 2. The van der Waals surface area contributed by atoms with E-state index in [4.69, 9.17) is 4.74 Å².